The van der Waals surface area contributed by atoms with E-state index in [0.29, 0.717) is 10.9 Å². The lowest BCUT2D eigenvalue weighted by Crippen LogP contribution is -2.14. The maximum Gasteiger partial charge on any atom is 0.311 e. The average molecular weight is 225 g/mol. The highest BCUT2D eigenvalue weighted by Gasteiger charge is 2.38. The van der Waals surface area contributed by atoms with Gasteiger partial charge in [-0.25, -0.2) is 0 Å². The summed E-state index contributed by atoms with van der Waals surface area (Å²) in [6.07, 6.45) is 2.03. The van der Waals surface area contributed by atoms with Crippen LogP contribution in [0, 0.1) is 12.8 Å². The third-order valence-electron chi connectivity index (χ3n) is 2.94. The fraction of sp³-hybridized carbons (Fsp3) is 0.417. The number of halogens is 1. The third-order valence-corrected chi connectivity index (χ3v) is 3.17. The van der Waals surface area contributed by atoms with Crippen LogP contribution in [0.15, 0.2) is 18.2 Å². The molecule has 0 radical (unpaired) electrons. The summed E-state index contributed by atoms with van der Waals surface area (Å²) < 4.78 is 0. The Morgan fingerprint density at radius 2 is 2.20 bits per heavy atom. The monoisotopic (exact) mass is 224 g/mol. The molecule has 1 unspecified atom stereocenters. The molecule has 1 atom stereocenters. The van der Waals surface area contributed by atoms with E-state index in [9.17, 15) is 9.90 Å². The van der Waals surface area contributed by atoms with E-state index < -0.39 is 5.97 Å². The zero-order valence-electron chi connectivity index (χ0n) is 8.53. The lowest BCUT2D eigenvalue weighted by molar-refractivity contribution is -0.139. The van der Waals surface area contributed by atoms with Gasteiger partial charge >= 0.3 is 5.97 Å². The Balaban J connectivity index is 2.40. The van der Waals surface area contributed by atoms with E-state index >= 15 is 0 Å². The van der Waals surface area contributed by atoms with Gasteiger partial charge in [0.15, 0.2) is 0 Å². The number of rotatable bonds is 3. The zero-order valence-corrected chi connectivity index (χ0v) is 9.29. The summed E-state index contributed by atoms with van der Waals surface area (Å²) in [7, 11) is 0. The van der Waals surface area contributed by atoms with Gasteiger partial charge in [0.2, 0.25) is 0 Å². The molecule has 1 saturated carbocycles. The number of carbonyl (C=O) groups is 1. The summed E-state index contributed by atoms with van der Waals surface area (Å²) >= 11 is 5.90. The predicted molar refractivity (Wildman–Crippen MR) is 59.3 cm³/mol. The largest absolute Gasteiger partial charge is 0.481 e. The van der Waals surface area contributed by atoms with Crippen molar-refractivity contribution >= 4 is 17.6 Å². The van der Waals surface area contributed by atoms with Gasteiger partial charge in [-0.3, -0.25) is 4.79 Å². The first-order chi connectivity index (χ1) is 7.09. The fourth-order valence-electron chi connectivity index (χ4n) is 1.96. The van der Waals surface area contributed by atoms with Crippen LogP contribution in [0.5, 0.6) is 0 Å². The summed E-state index contributed by atoms with van der Waals surface area (Å²) in [6.45, 7) is 1.93. The Hall–Kier alpha value is -1.02. The molecule has 1 fully saturated rings. The molecule has 2 rings (SSSR count). The van der Waals surface area contributed by atoms with Gasteiger partial charge in [-0.05, 0) is 48.9 Å². The van der Waals surface area contributed by atoms with Crippen LogP contribution in [0.25, 0.3) is 0 Å². The number of carboxylic acid groups (broad SMARTS) is 1. The highest BCUT2D eigenvalue weighted by atomic mass is 35.5. The van der Waals surface area contributed by atoms with Crippen LogP contribution in [0.2, 0.25) is 5.02 Å². The number of aryl methyl sites for hydroxylation is 1. The Morgan fingerprint density at radius 1 is 1.53 bits per heavy atom. The molecule has 0 amide bonds. The van der Waals surface area contributed by atoms with Crippen molar-refractivity contribution < 1.29 is 9.90 Å². The number of benzene rings is 1. The molecule has 3 heteroatoms. The second-order valence-corrected chi connectivity index (χ2v) is 4.59. The van der Waals surface area contributed by atoms with E-state index in [1.54, 1.807) is 12.1 Å². The van der Waals surface area contributed by atoms with Gasteiger partial charge in [0.1, 0.15) is 0 Å². The molecule has 1 N–H and O–H groups in total. The zero-order chi connectivity index (χ0) is 11.0. The van der Waals surface area contributed by atoms with Crippen molar-refractivity contribution in [1.82, 2.24) is 0 Å². The minimum atomic E-state index is -0.733. The fourth-order valence-corrected chi connectivity index (χ4v) is 2.15. The van der Waals surface area contributed by atoms with Gasteiger partial charge in [-0.2, -0.15) is 0 Å². The molecular weight excluding hydrogens is 212 g/mol. The highest BCUT2D eigenvalue weighted by Crippen LogP contribution is 2.44. The molecule has 80 valence electrons. The minimum Gasteiger partial charge on any atom is -0.481 e. The lowest BCUT2D eigenvalue weighted by atomic mass is 9.91. The van der Waals surface area contributed by atoms with E-state index in [1.165, 1.54) is 0 Å². The topological polar surface area (TPSA) is 37.3 Å². The van der Waals surface area contributed by atoms with E-state index in [2.05, 4.69) is 0 Å². The van der Waals surface area contributed by atoms with Gasteiger partial charge < -0.3 is 5.11 Å². The Morgan fingerprint density at radius 3 is 2.73 bits per heavy atom. The second kappa shape index (κ2) is 3.86. The van der Waals surface area contributed by atoms with Crippen LogP contribution in [0.3, 0.4) is 0 Å². The average Bonchev–Trinajstić information content (AvgIpc) is 2.95. The quantitative estimate of drug-likeness (QED) is 0.856. The SMILES string of the molecule is Cc1ccc(Cl)cc1C(C(=O)O)C1CC1. The van der Waals surface area contributed by atoms with E-state index in [1.807, 2.05) is 13.0 Å². The summed E-state index contributed by atoms with van der Waals surface area (Å²) in [5.41, 5.74) is 1.89. The smallest absolute Gasteiger partial charge is 0.311 e. The molecule has 15 heavy (non-hydrogen) atoms. The molecule has 0 aliphatic heterocycles. The molecule has 1 aliphatic carbocycles. The van der Waals surface area contributed by atoms with Crippen LogP contribution < -0.4 is 0 Å². The maximum atomic E-state index is 11.2. The van der Waals surface area contributed by atoms with Crippen molar-refractivity contribution in [3.05, 3.63) is 34.3 Å². The first kappa shape index (κ1) is 10.5. The van der Waals surface area contributed by atoms with E-state index in [4.69, 9.17) is 11.6 Å². The molecule has 1 aromatic rings. The van der Waals surface area contributed by atoms with Crippen LogP contribution in [-0.4, -0.2) is 11.1 Å². The maximum absolute atomic E-state index is 11.2. The van der Waals surface area contributed by atoms with Gasteiger partial charge in [0, 0.05) is 5.02 Å². The second-order valence-electron chi connectivity index (χ2n) is 4.15. The molecule has 0 spiro atoms. The van der Waals surface area contributed by atoms with Crippen LogP contribution in [0.4, 0.5) is 0 Å². The number of aliphatic carboxylic acids is 1. The molecule has 0 saturated heterocycles. The Bertz CT molecular complexity index is 397. The van der Waals surface area contributed by atoms with Gasteiger partial charge in [0.25, 0.3) is 0 Å². The Kier molecular flexibility index (Phi) is 2.70. The molecule has 0 aromatic heterocycles. The van der Waals surface area contributed by atoms with Crippen molar-refractivity contribution in [2.24, 2.45) is 5.92 Å². The minimum absolute atomic E-state index is 0.305. The van der Waals surface area contributed by atoms with Crippen LogP contribution >= 0.6 is 11.6 Å². The van der Waals surface area contributed by atoms with Crippen molar-refractivity contribution in [1.29, 1.82) is 0 Å². The van der Waals surface area contributed by atoms with Crippen molar-refractivity contribution in [2.45, 2.75) is 25.7 Å². The lowest BCUT2D eigenvalue weighted by Gasteiger charge is -2.14. The molecule has 2 nitrogen and oxygen atoms in total. The number of hydrogen-bond donors (Lipinski definition) is 1. The van der Waals surface area contributed by atoms with Gasteiger partial charge in [-0.15, -0.1) is 0 Å². The normalized spacial score (nSPS) is 17.5. The van der Waals surface area contributed by atoms with Crippen molar-refractivity contribution in [2.75, 3.05) is 0 Å². The van der Waals surface area contributed by atoms with E-state index in [-0.39, 0.29) is 5.92 Å². The summed E-state index contributed by atoms with van der Waals surface area (Å²) in [5.74, 6) is -0.800. The van der Waals surface area contributed by atoms with Crippen molar-refractivity contribution in [3.8, 4) is 0 Å². The third kappa shape index (κ3) is 2.15. The summed E-state index contributed by atoms with van der Waals surface area (Å²) in [4.78, 5) is 11.2. The first-order valence-corrected chi connectivity index (χ1v) is 5.46. The molecule has 0 heterocycles. The standard InChI is InChI=1S/C12H13ClO2/c1-7-2-5-9(13)6-10(7)11(12(14)15)8-3-4-8/h2,5-6,8,11H,3-4H2,1H3,(H,14,15). The highest BCUT2D eigenvalue weighted by molar-refractivity contribution is 6.30. The predicted octanol–water partition coefficient (Wildman–Crippen LogP) is 3.23. The molecule has 0 bridgehead atoms. The number of hydrogen-bond acceptors (Lipinski definition) is 1. The molecular formula is C12H13ClO2. The van der Waals surface area contributed by atoms with Crippen molar-refractivity contribution in [3.63, 3.8) is 0 Å². The first-order valence-electron chi connectivity index (χ1n) is 5.08. The summed E-state index contributed by atoms with van der Waals surface area (Å²) in [6, 6.07) is 5.47. The van der Waals surface area contributed by atoms with Gasteiger partial charge in [0.05, 0.1) is 5.92 Å². The van der Waals surface area contributed by atoms with Crippen LogP contribution in [0.1, 0.15) is 29.9 Å². The van der Waals surface area contributed by atoms with Crippen LogP contribution in [-0.2, 0) is 4.79 Å². The van der Waals surface area contributed by atoms with E-state index in [0.717, 1.165) is 24.0 Å². The summed E-state index contributed by atoms with van der Waals surface area (Å²) in [5, 5.41) is 9.82. The molecule has 1 aliphatic rings. The Labute approximate surface area is 93.9 Å². The van der Waals surface area contributed by atoms with Gasteiger partial charge in [-0.1, -0.05) is 17.7 Å². The molecule has 1 aromatic carbocycles. The number of carboxylic acids is 1.